The van der Waals surface area contributed by atoms with Crippen LogP contribution in [0.2, 0.25) is 4.47 Å². The van der Waals surface area contributed by atoms with E-state index in [0.29, 0.717) is 6.42 Å². The molecule has 0 aliphatic rings. The van der Waals surface area contributed by atoms with Crippen molar-refractivity contribution in [3.05, 3.63) is 42.0 Å². The third-order valence-corrected chi connectivity index (χ3v) is 7.77. The van der Waals surface area contributed by atoms with E-state index in [-0.39, 0.29) is 9.85 Å². The zero-order chi connectivity index (χ0) is 15.9. The van der Waals surface area contributed by atoms with Crippen LogP contribution in [0, 0.1) is 0 Å². The molecule has 118 valence electrons. The molecular formula is C14H16Cl4O2Te. The first-order valence-electron chi connectivity index (χ1n) is 6.29. The molecule has 21 heavy (non-hydrogen) atoms. The van der Waals surface area contributed by atoms with Gasteiger partial charge in [0.2, 0.25) is 0 Å². The van der Waals surface area contributed by atoms with E-state index in [1.165, 1.54) is 6.08 Å². The van der Waals surface area contributed by atoms with Crippen molar-refractivity contribution < 1.29 is 9.53 Å². The quantitative estimate of drug-likeness (QED) is 0.227. The van der Waals surface area contributed by atoms with E-state index in [1.54, 1.807) is 6.08 Å². The van der Waals surface area contributed by atoms with Crippen LogP contribution in [-0.4, -0.2) is 32.3 Å². The van der Waals surface area contributed by atoms with Gasteiger partial charge in [-0.05, 0) is 0 Å². The summed E-state index contributed by atoms with van der Waals surface area (Å²) < 4.78 is 5.57. The van der Waals surface area contributed by atoms with Crippen LogP contribution >= 0.6 is 38.5 Å². The van der Waals surface area contributed by atoms with Crippen LogP contribution in [0.15, 0.2) is 36.4 Å². The Morgan fingerprint density at radius 3 is 2.43 bits per heavy atom. The molecule has 7 heteroatoms. The molecule has 0 radical (unpaired) electrons. The second-order valence-corrected chi connectivity index (χ2v) is 22.5. The summed E-state index contributed by atoms with van der Waals surface area (Å²) in [6, 6.07) is 9.44. The zero-order valence-electron chi connectivity index (χ0n) is 11.3. The van der Waals surface area contributed by atoms with Crippen molar-refractivity contribution in [3.63, 3.8) is 0 Å². The molecule has 0 aliphatic carbocycles. The van der Waals surface area contributed by atoms with Gasteiger partial charge in [-0.2, -0.15) is 0 Å². The van der Waals surface area contributed by atoms with Crippen molar-refractivity contribution in [3.8, 4) is 0 Å². The Hall–Kier alpha value is 0.380. The van der Waals surface area contributed by atoms with Crippen LogP contribution in [0.5, 0.6) is 0 Å². The molecule has 0 heterocycles. The average molecular weight is 486 g/mol. The second kappa shape index (κ2) is 9.50. The molecule has 0 amide bonds. The molecule has 1 aromatic carbocycles. The van der Waals surface area contributed by atoms with Gasteiger partial charge in [-0.15, -0.1) is 0 Å². The van der Waals surface area contributed by atoms with Crippen LogP contribution in [0.4, 0.5) is 0 Å². The number of halogens is 4. The van der Waals surface area contributed by atoms with Gasteiger partial charge in [0.15, 0.2) is 0 Å². The molecule has 1 rings (SSSR count). The summed E-state index contributed by atoms with van der Waals surface area (Å²) in [4.78, 5) is 11.9. The number of hydrogen-bond acceptors (Lipinski definition) is 2. The SMILES string of the molecule is CC[C@@H](Cl)[C@H](C[Te](Cl)(Cl)Cl)OC(=O)/C=C/c1ccccc1. The van der Waals surface area contributed by atoms with Gasteiger partial charge in [0.25, 0.3) is 0 Å². The van der Waals surface area contributed by atoms with Gasteiger partial charge in [0.05, 0.1) is 0 Å². The second-order valence-electron chi connectivity index (χ2n) is 4.31. The first-order chi connectivity index (χ1) is 9.81. The first-order valence-corrected chi connectivity index (χ1v) is 17.2. The Bertz CT molecular complexity index is 474. The number of carbonyl (C=O) groups is 1. The zero-order valence-corrected chi connectivity index (χ0v) is 16.7. The van der Waals surface area contributed by atoms with Crippen molar-refractivity contribution in [1.29, 1.82) is 0 Å². The van der Waals surface area contributed by atoms with E-state index in [4.69, 9.17) is 43.2 Å². The Balaban J connectivity index is 2.65. The van der Waals surface area contributed by atoms with Gasteiger partial charge >= 0.3 is 146 Å². The molecule has 0 saturated heterocycles. The third kappa shape index (κ3) is 8.55. The molecular weight excluding hydrogens is 470 g/mol. The van der Waals surface area contributed by atoms with E-state index < -0.39 is 26.9 Å². The number of alkyl halides is 1. The minimum absolute atomic E-state index is 0.236. The number of hydrogen-bond donors (Lipinski definition) is 0. The maximum absolute atomic E-state index is 11.9. The Morgan fingerprint density at radius 2 is 1.90 bits per heavy atom. The number of esters is 1. The van der Waals surface area contributed by atoms with Gasteiger partial charge in [-0.25, -0.2) is 0 Å². The first kappa shape index (κ1) is 19.4. The summed E-state index contributed by atoms with van der Waals surface area (Å²) in [5.74, 6) is -0.486. The van der Waals surface area contributed by atoms with E-state index in [1.807, 2.05) is 37.3 Å². The van der Waals surface area contributed by atoms with Gasteiger partial charge in [-0.1, -0.05) is 0 Å². The molecule has 1 aromatic rings. The van der Waals surface area contributed by atoms with Gasteiger partial charge < -0.3 is 0 Å². The van der Waals surface area contributed by atoms with Crippen molar-refractivity contribution in [2.75, 3.05) is 0 Å². The van der Waals surface area contributed by atoms with Crippen molar-refractivity contribution >= 4 is 65.4 Å². The molecule has 2 nitrogen and oxygen atoms in total. The molecule has 2 atom stereocenters. The maximum atomic E-state index is 11.9. The summed E-state index contributed by atoms with van der Waals surface area (Å²) in [5.41, 5.74) is 0.906. The van der Waals surface area contributed by atoms with E-state index in [0.717, 1.165) is 5.56 Å². The van der Waals surface area contributed by atoms with Crippen LogP contribution in [0.1, 0.15) is 18.9 Å². The summed E-state index contributed by atoms with van der Waals surface area (Å²) in [7, 11) is 17.8. The molecule has 0 aromatic heterocycles. The summed E-state index contributed by atoms with van der Waals surface area (Å²) >= 11 is 2.71. The molecule has 0 spiro atoms. The Morgan fingerprint density at radius 1 is 1.29 bits per heavy atom. The molecule has 0 N–H and O–H groups in total. The van der Waals surface area contributed by atoms with Crippen molar-refractivity contribution in [1.82, 2.24) is 0 Å². The topological polar surface area (TPSA) is 26.3 Å². The molecule has 0 bridgehead atoms. The fourth-order valence-electron chi connectivity index (χ4n) is 1.58. The number of benzene rings is 1. The fourth-order valence-corrected chi connectivity index (χ4v) is 6.47. The van der Waals surface area contributed by atoms with Crippen LogP contribution in [0.3, 0.4) is 0 Å². The Kier molecular flexibility index (Phi) is 8.79. The Labute approximate surface area is 145 Å². The monoisotopic (exact) mass is 486 g/mol. The molecule has 0 unspecified atom stereocenters. The van der Waals surface area contributed by atoms with Crippen LogP contribution in [-0.2, 0) is 9.53 Å². The molecule has 0 saturated carbocycles. The third-order valence-electron chi connectivity index (χ3n) is 2.63. The van der Waals surface area contributed by atoms with Gasteiger partial charge in [0, 0.05) is 0 Å². The predicted molar refractivity (Wildman–Crippen MR) is 93.4 cm³/mol. The number of ether oxygens (including phenoxy) is 1. The van der Waals surface area contributed by atoms with E-state index in [2.05, 4.69) is 0 Å². The number of rotatable bonds is 7. The summed E-state index contributed by atoms with van der Waals surface area (Å²) in [6.45, 7) is 1.89. The minimum atomic E-state index is -3.44. The average Bonchev–Trinajstić information content (AvgIpc) is 2.43. The standard InChI is InChI=1S/C14H16Cl4O2Te/c1-2-12(15)13(10-21(16,17)18)20-14(19)9-8-11-6-4-3-5-7-11/h3-9,12-13H,2,10H2,1H3/b9-8+/t12-,13+/m1/s1. The summed E-state index contributed by atoms with van der Waals surface area (Å²) in [6.07, 6.45) is 3.09. The van der Waals surface area contributed by atoms with Crippen molar-refractivity contribution in [2.45, 2.75) is 29.3 Å². The predicted octanol–water partition coefficient (Wildman–Crippen LogP) is 5.28. The van der Waals surface area contributed by atoms with Crippen molar-refractivity contribution in [2.24, 2.45) is 0 Å². The van der Waals surface area contributed by atoms with Crippen LogP contribution in [0.25, 0.3) is 6.08 Å². The molecule has 0 fully saturated rings. The molecule has 0 aliphatic heterocycles. The van der Waals surface area contributed by atoms with E-state index in [9.17, 15) is 4.79 Å². The van der Waals surface area contributed by atoms with Gasteiger partial charge in [0.1, 0.15) is 0 Å². The van der Waals surface area contributed by atoms with Crippen LogP contribution < -0.4 is 0 Å². The fraction of sp³-hybridized carbons (Fsp3) is 0.357. The van der Waals surface area contributed by atoms with E-state index >= 15 is 0 Å². The van der Waals surface area contributed by atoms with Gasteiger partial charge in [-0.3, -0.25) is 0 Å². The number of carbonyl (C=O) groups excluding carboxylic acids is 1. The normalized spacial score (nSPS) is 15.7. The summed E-state index contributed by atoms with van der Waals surface area (Å²) in [5, 5.41) is -0.360.